The summed E-state index contributed by atoms with van der Waals surface area (Å²) in [6, 6.07) is 13.7. The monoisotopic (exact) mass is 402 g/mol. The normalized spacial score (nSPS) is 12.9. The number of rotatable bonds is 6. The van der Waals surface area contributed by atoms with Crippen molar-refractivity contribution in [2.45, 2.75) is 24.3 Å². The van der Waals surface area contributed by atoms with Gasteiger partial charge in [-0.2, -0.15) is 8.42 Å². The Balaban J connectivity index is 2.38. The van der Waals surface area contributed by atoms with E-state index < -0.39 is 22.8 Å². The second kappa shape index (κ2) is 7.89. The van der Waals surface area contributed by atoms with Gasteiger partial charge in [0.15, 0.2) is 0 Å². The van der Waals surface area contributed by atoms with Crippen LogP contribution in [0.2, 0.25) is 0 Å². The molecule has 3 N–H and O–H groups in total. The summed E-state index contributed by atoms with van der Waals surface area (Å²) in [5.74, 6) is 0.614. The van der Waals surface area contributed by atoms with Crippen LogP contribution in [-0.4, -0.2) is 43.0 Å². The minimum atomic E-state index is -4.45. The average Bonchev–Trinajstić information content (AvgIpc) is 2.66. The van der Waals surface area contributed by atoms with Crippen molar-refractivity contribution in [2.24, 2.45) is 0 Å². The van der Waals surface area contributed by atoms with Gasteiger partial charge in [-0.15, -0.1) is 0 Å². The van der Waals surface area contributed by atoms with E-state index in [1.54, 1.807) is 31.4 Å². The summed E-state index contributed by atoms with van der Waals surface area (Å²) in [5.41, 5.74) is 2.38. The van der Waals surface area contributed by atoms with Gasteiger partial charge in [0, 0.05) is 12.0 Å². The lowest BCUT2D eigenvalue weighted by molar-refractivity contribution is 0.0958. The molecule has 28 heavy (non-hydrogen) atoms. The molecule has 0 aromatic heterocycles. The van der Waals surface area contributed by atoms with Crippen molar-refractivity contribution in [3.05, 3.63) is 59.7 Å². The van der Waals surface area contributed by atoms with Crippen LogP contribution in [0, 0.1) is 6.92 Å². The zero-order valence-corrected chi connectivity index (χ0v) is 16.4. The van der Waals surface area contributed by atoms with Crippen molar-refractivity contribution in [2.75, 3.05) is 13.7 Å². The maximum atomic E-state index is 11.9. The minimum Gasteiger partial charge on any atom is -0.497 e. The Bertz CT molecular complexity index is 1120. The van der Waals surface area contributed by atoms with Gasteiger partial charge in [0.2, 0.25) is 0 Å². The fraction of sp³-hybridized carbons (Fsp3) is 0.238. The lowest BCUT2D eigenvalue weighted by atomic mass is 9.90. The highest BCUT2D eigenvalue weighted by Crippen LogP contribution is 2.36. The Kier molecular flexibility index (Phi) is 5.71. The third-order valence-electron chi connectivity index (χ3n) is 4.69. The molecule has 0 fully saturated rings. The molecule has 0 aliphatic heterocycles. The van der Waals surface area contributed by atoms with Crippen molar-refractivity contribution >= 4 is 20.9 Å². The number of methoxy groups -OCH3 is 1. The van der Waals surface area contributed by atoms with Crippen LogP contribution < -0.4 is 4.74 Å². The van der Waals surface area contributed by atoms with Crippen molar-refractivity contribution in [3.63, 3.8) is 0 Å². The van der Waals surface area contributed by atoms with E-state index in [4.69, 9.17) is 4.74 Å². The van der Waals surface area contributed by atoms with E-state index in [1.165, 1.54) is 6.07 Å². The second-order valence-electron chi connectivity index (χ2n) is 6.69. The van der Waals surface area contributed by atoms with Crippen LogP contribution >= 0.6 is 0 Å². The summed E-state index contributed by atoms with van der Waals surface area (Å²) >= 11 is 0. The van der Waals surface area contributed by atoms with Gasteiger partial charge >= 0.3 is 0 Å². The Labute approximate surface area is 163 Å². The summed E-state index contributed by atoms with van der Waals surface area (Å²) in [5, 5.41) is 21.1. The van der Waals surface area contributed by atoms with E-state index in [0.29, 0.717) is 22.4 Å². The molecule has 0 radical (unpaired) electrons. The highest BCUT2D eigenvalue weighted by atomic mass is 32.2. The molecule has 3 aromatic carbocycles. The van der Waals surface area contributed by atoms with Crippen molar-refractivity contribution in [3.8, 4) is 16.9 Å². The van der Waals surface area contributed by atoms with E-state index in [-0.39, 0.29) is 11.3 Å². The van der Waals surface area contributed by atoms with Gasteiger partial charge in [0.25, 0.3) is 10.1 Å². The standard InChI is InChI=1S/C21H22O6S/c1-13-3-8-21(28(24,25)26)20(9-13)17-7-5-14-4-6-16(27-2)11-18(14)19(17)10-15(23)12-22/h3-9,11,15,22-23H,10,12H2,1-2H3,(H,24,25,26). The third-order valence-corrected chi connectivity index (χ3v) is 5.61. The van der Waals surface area contributed by atoms with E-state index in [9.17, 15) is 23.2 Å². The van der Waals surface area contributed by atoms with Crippen LogP contribution in [0.1, 0.15) is 11.1 Å². The number of aliphatic hydroxyl groups is 2. The van der Waals surface area contributed by atoms with Gasteiger partial charge in [-0.25, -0.2) is 0 Å². The lowest BCUT2D eigenvalue weighted by Gasteiger charge is -2.18. The highest BCUT2D eigenvalue weighted by Gasteiger charge is 2.21. The zero-order chi connectivity index (χ0) is 20.5. The number of ether oxygens (including phenoxy) is 1. The number of hydrogen-bond acceptors (Lipinski definition) is 5. The van der Waals surface area contributed by atoms with Crippen LogP contribution in [0.3, 0.4) is 0 Å². The first-order valence-corrected chi connectivity index (χ1v) is 10.2. The first kappa shape index (κ1) is 20.3. The molecule has 3 rings (SSSR count). The predicted molar refractivity (Wildman–Crippen MR) is 107 cm³/mol. The number of aryl methyl sites for hydroxylation is 1. The molecule has 0 amide bonds. The Morgan fingerprint density at radius 3 is 2.39 bits per heavy atom. The van der Waals surface area contributed by atoms with Crippen molar-refractivity contribution < 1.29 is 27.9 Å². The maximum absolute atomic E-state index is 11.9. The maximum Gasteiger partial charge on any atom is 0.295 e. The fourth-order valence-electron chi connectivity index (χ4n) is 3.34. The van der Waals surface area contributed by atoms with Crippen LogP contribution in [0.5, 0.6) is 5.75 Å². The fourth-order valence-corrected chi connectivity index (χ4v) is 4.03. The molecule has 1 unspecified atom stereocenters. The minimum absolute atomic E-state index is 0.106. The third kappa shape index (κ3) is 4.02. The summed E-state index contributed by atoms with van der Waals surface area (Å²) in [6.07, 6.45) is -0.913. The number of hydrogen-bond donors (Lipinski definition) is 3. The quantitative estimate of drug-likeness (QED) is 0.548. The lowest BCUT2D eigenvalue weighted by Crippen LogP contribution is -2.16. The van der Waals surface area contributed by atoms with Gasteiger partial charge in [0.05, 0.1) is 19.8 Å². The van der Waals surface area contributed by atoms with Gasteiger partial charge in [-0.3, -0.25) is 4.55 Å². The Hall–Kier alpha value is -2.45. The smallest absolute Gasteiger partial charge is 0.295 e. The molecule has 148 valence electrons. The van der Waals surface area contributed by atoms with E-state index >= 15 is 0 Å². The zero-order valence-electron chi connectivity index (χ0n) is 15.6. The van der Waals surface area contributed by atoms with Crippen LogP contribution in [-0.2, 0) is 16.5 Å². The molecule has 0 bridgehead atoms. The first-order chi connectivity index (χ1) is 13.2. The number of fused-ring (bicyclic) bond motifs is 1. The molecule has 0 aliphatic rings. The molecule has 7 heteroatoms. The number of benzene rings is 3. The van der Waals surface area contributed by atoms with Crippen LogP contribution in [0.4, 0.5) is 0 Å². The molecule has 6 nitrogen and oxygen atoms in total. The first-order valence-electron chi connectivity index (χ1n) is 8.71. The van der Waals surface area contributed by atoms with E-state index in [0.717, 1.165) is 16.3 Å². The molecule has 1 atom stereocenters. The number of aliphatic hydroxyl groups excluding tert-OH is 2. The molecule has 0 heterocycles. The topological polar surface area (TPSA) is 104 Å². The summed E-state index contributed by atoms with van der Waals surface area (Å²) in [7, 11) is -2.91. The van der Waals surface area contributed by atoms with E-state index in [1.807, 2.05) is 25.1 Å². The highest BCUT2D eigenvalue weighted by molar-refractivity contribution is 7.86. The summed E-state index contributed by atoms with van der Waals surface area (Å²) in [6.45, 7) is 1.39. The summed E-state index contributed by atoms with van der Waals surface area (Å²) < 4.78 is 38.9. The molecular weight excluding hydrogens is 380 g/mol. The molecule has 3 aromatic rings. The van der Waals surface area contributed by atoms with Gasteiger partial charge in [-0.05, 0) is 47.0 Å². The molecular formula is C21H22O6S. The SMILES string of the molecule is COc1ccc2ccc(-c3cc(C)ccc3S(=O)(=O)O)c(CC(O)CO)c2c1. The molecule has 0 saturated carbocycles. The van der Waals surface area contributed by atoms with E-state index in [2.05, 4.69) is 0 Å². The summed E-state index contributed by atoms with van der Waals surface area (Å²) in [4.78, 5) is -0.208. The van der Waals surface area contributed by atoms with Gasteiger partial charge in [0.1, 0.15) is 10.6 Å². The second-order valence-corrected chi connectivity index (χ2v) is 8.08. The Morgan fingerprint density at radius 2 is 1.75 bits per heavy atom. The Morgan fingerprint density at radius 1 is 1.04 bits per heavy atom. The van der Waals surface area contributed by atoms with Gasteiger partial charge < -0.3 is 14.9 Å². The predicted octanol–water partition coefficient (Wildman–Crippen LogP) is 2.97. The molecule has 0 spiro atoms. The molecule has 0 aliphatic carbocycles. The van der Waals surface area contributed by atoms with Gasteiger partial charge in [-0.1, -0.05) is 35.9 Å². The van der Waals surface area contributed by atoms with Crippen molar-refractivity contribution in [1.29, 1.82) is 0 Å². The van der Waals surface area contributed by atoms with Crippen LogP contribution in [0.25, 0.3) is 21.9 Å². The average molecular weight is 402 g/mol. The largest absolute Gasteiger partial charge is 0.497 e. The molecule has 0 saturated heterocycles. The van der Waals surface area contributed by atoms with Crippen molar-refractivity contribution in [1.82, 2.24) is 0 Å². The van der Waals surface area contributed by atoms with Crippen LogP contribution in [0.15, 0.2) is 53.4 Å².